The van der Waals surface area contributed by atoms with E-state index < -0.39 is 0 Å². The van der Waals surface area contributed by atoms with Crippen LogP contribution in [0.3, 0.4) is 0 Å². The van der Waals surface area contributed by atoms with Gasteiger partial charge < -0.3 is 10.0 Å². The van der Waals surface area contributed by atoms with Gasteiger partial charge in [-0.2, -0.15) is 0 Å². The lowest BCUT2D eigenvalue weighted by Crippen LogP contribution is -2.26. The zero-order valence-electron chi connectivity index (χ0n) is 9.06. The molecule has 0 aromatic heterocycles. The van der Waals surface area contributed by atoms with Gasteiger partial charge in [0.25, 0.3) is 0 Å². The van der Waals surface area contributed by atoms with Crippen molar-refractivity contribution in [1.29, 1.82) is 0 Å². The highest BCUT2D eigenvalue weighted by atomic mass is 16.3. The van der Waals surface area contributed by atoms with Gasteiger partial charge in [-0.15, -0.1) is 0 Å². The largest absolute Gasteiger partial charge is 0.389 e. The maximum absolute atomic E-state index is 9.40. The Morgan fingerprint density at radius 2 is 1.93 bits per heavy atom. The summed E-state index contributed by atoms with van der Waals surface area (Å²) in [4.78, 5) is 2.34. The van der Waals surface area contributed by atoms with Crippen molar-refractivity contribution in [2.45, 2.75) is 19.4 Å². The molecule has 0 unspecified atom stereocenters. The van der Waals surface area contributed by atoms with E-state index in [2.05, 4.69) is 29.2 Å². The summed E-state index contributed by atoms with van der Waals surface area (Å²) in [6, 6.07) is 8.17. The van der Waals surface area contributed by atoms with Crippen LogP contribution in [0.25, 0.3) is 0 Å². The van der Waals surface area contributed by atoms with Crippen LogP contribution >= 0.6 is 0 Å². The molecule has 15 heavy (non-hydrogen) atoms. The van der Waals surface area contributed by atoms with Gasteiger partial charge in [0, 0.05) is 18.8 Å². The highest BCUT2D eigenvalue weighted by Crippen LogP contribution is 2.20. The number of hydrogen-bond donors (Lipinski definition) is 1. The standard InChI is InChI=1S/C13H17NO/c1-11(15)12-5-7-13(8-6-12)14-9-3-2-4-10-14/h2-3,5-8,11,15H,4,9-10H2,1H3/t11-/m1/s1. The van der Waals surface area contributed by atoms with Crippen molar-refractivity contribution in [3.63, 3.8) is 0 Å². The van der Waals surface area contributed by atoms with Crippen LogP contribution < -0.4 is 4.90 Å². The zero-order valence-corrected chi connectivity index (χ0v) is 9.06. The highest BCUT2D eigenvalue weighted by molar-refractivity contribution is 5.49. The van der Waals surface area contributed by atoms with Crippen molar-refractivity contribution in [2.24, 2.45) is 0 Å². The number of benzene rings is 1. The van der Waals surface area contributed by atoms with Crippen molar-refractivity contribution < 1.29 is 5.11 Å². The average Bonchev–Trinajstić information content (AvgIpc) is 2.30. The van der Waals surface area contributed by atoms with E-state index in [1.807, 2.05) is 12.1 Å². The van der Waals surface area contributed by atoms with Gasteiger partial charge in [-0.25, -0.2) is 0 Å². The van der Waals surface area contributed by atoms with Crippen molar-refractivity contribution in [3.8, 4) is 0 Å². The summed E-state index contributed by atoms with van der Waals surface area (Å²) in [5.41, 5.74) is 2.22. The Bertz CT molecular complexity index is 340. The number of nitrogens with zero attached hydrogens (tertiary/aromatic N) is 1. The van der Waals surface area contributed by atoms with E-state index in [0.717, 1.165) is 25.1 Å². The minimum absolute atomic E-state index is 0.375. The molecule has 1 aliphatic heterocycles. The monoisotopic (exact) mass is 203 g/mol. The molecule has 0 bridgehead atoms. The predicted molar refractivity (Wildman–Crippen MR) is 63.0 cm³/mol. The molecule has 0 saturated carbocycles. The van der Waals surface area contributed by atoms with Gasteiger partial charge in [-0.05, 0) is 31.0 Å². The van der Waals surface area contributed by atoms with Crippen molar-refractivity contribution in [3.05, 3.63) is 42.0 Å². The molecule has 0 aliphatic carbocycles. The van der Waals surface area contributed by atoms with E-state index in [9.17, 15) is 5.11 Å². The third-order valence-electron chi connectivity index (χ3n) is 2.80. The lowest BCUT2D eigenvalue weighted by atomic mass is 10.1. The Labute approximate surface area is 90.8 Å². The third kappa shape index (κ3) is 2.39. The highest BCUT2D eigenvalue weighted by Gasteiger charge is 2.07. The molecule has 80 valence electrons. The SMILES string of the molecule is C[C@@H](O)c1ccc(N2CC=CCC2)cc1. The summed E-state index contributed by atoms with van der Waals surface area (Å²) in [6.07, 6.45) is 5.17. The van der Waals surface area contributed by atoms with E-state index >= 15 is 0 Å². The molecule has 0 amide bonds. The maximum atomic E-state index is 9.40. The molecule has 1 heterocycles. The summed E-state index contributed by atoms with van der Waals surface area (Å²) in [6.45, 7) is 3.87. The minimum atomic E-state index is -0.375. The molecular formula is C13H17NO. The van der Waals surface area contributed by atoms with Crippen LogP contribution in [0, 0.1) is 0 Å². The maximum Gasteiger partial charge on any atom is 0.0761 e. The van der Waals surface area contributed by atoms with E-state index in [-0.39, 0.29) is 6.10 Å². The summed E-state index contributed by atoms with van der Waals surface area (Å²) in [5.74, 6) is 0. The summed E-state index contributed by atoms with van der Waals surface area (Å²) < 4.78 is 0. The number of aliphatic hydroxyl groups is 1. The topological polar surface area (TPSA) is 23.5 Å². The fourth-order valence-electron chi connectivity index (χ4n) is 1.84. The molecule has 1 aromatic rings. The molecule has 1 N–H and O–H groups in total. The van der Waals surface area contributed by atoms with Crippen molar-refractivity contribution in [1.82, 2.24) is 0 Å². The van der Waals surface area contributed by atoms with Crippen LogP contribution in [-0.2, 0) is 0 Å². The van der Waals surface area contributed by atoms with Gasteiger partial charge in [-0.3, -0.25) is 0 Å². The second kappa shape index (κ2) is 4.49. The zero-order chi connectivity index (χ0) is 10.7. The summed E-state index contributed by atoms with van der Waals surface area (Å²) >= 11 is 0. The number of anilines is 1. The molecule has 1 aliphatic rings. The number of hydrogen-bond acceptors (Lipinski definition) is 2. The first-order valence-electron chi connectivity index (χ1n) is 5.45. The van der Waals surface area contributed by atoms with E-state index in [1.54, 1.807) is 6.92 Å². The van der Waals surface area contributed by atoms with Gasteiger partial charge in [0.05, 0.1) is 6.10 Å². The first-order valence-corrected chi connectivity index (χ1v) is 5.45. The molecule has 0 radical (unpaired) electrons. The second-order valence-corrected chi connectivity index (χ2v) is 3.97. The Balaban J connectivity index is 2.12. The van der Waals surface area contributed by atoms with Crippen molar-refractivity contribution >= 4 is 5.69 Å². The predicted octanol–water partition coefficient (Wildman–Crippen LogP) is 2.51. The molecular weight excluding hydrogens is 186 g/mol. The number of rotatable bonds is 2. The Morgan fingerprint density at radius 3 is 2.47 bits per heavy atom. The van der Waals surface area contributed by atoms with Gasteiger partial charge in [0.15, 0.2) is 0 Å². The molecule has 1 atom stereocenters. The smallest absolute Gasteiger partial charge is 0.0761 e. The lowest BCUT2D eigenvalue weighted by Gasteiger charge is -2.25. The molecule has 0 spiro atoms. The molecule has 2 nitrogen and oxygen atoms in total. The van der Waals surface area contributed by atoms with E-state index in [4.69, 9.17) is 0 Å². The van der Waals surface area contributed by atoms with Crippen molar-refractivity contribution in [2.75, 3.05) is 18.0 Å². The molecule has 0 fully saturated rings. The van der Waals surface area contributed by atoms with Gasteiger partial charge in [0.2, 0.25) is 0 Å². The Hall–Kier alpha value is -1.28. The Kier molecular flexibility index (Phi) is 3.07. The quantitative estimate of drug-likeness (QED) is 0.746. The van der Waals surface area contributed by atoms with Crippen LogP contribution in [-0.4, -0.2) is 18.2 Å². The Morgan fingerprint density at radius 1 is 1.20 bits per heavy atom. The molecule has 0 saturated heterocycles. The van der Waals surface area contributed by atoms with Gasteiger partial charge >= 0.3 is 0 Å². The first-order chi connectivity index (χ1) is 7.27. The minimum Gasteiger partial charge on any atom is -0.389 e. The molecule has 2 rings (SSSR count). The van der Waals surface area contributed by atoms with Crippen LogP contribution in [0.1, 0.15) is 25.0 Å². The fourth-order valence-corrected chi connectivity index (χ4v) is 1.84. The average molecular weight is 203 g/mol. The lowest BCUT2D eigenvalue weighted by molar-refractivity contribution is 0.199. The summed E-state index contributed by atoms with van der Waals surface area (Å²) in [7, 11) is 0. The van der Waals surface area contributed by atoms with Gasteiger partial charge in [-0.1, -0.05) is 24.3 Å². The normalized spacial score (nSPS) is 17.9. The fraction of sp³-hybridized carbons (Fsp3) is 0.385. The van der Waals surface area contributed by atoms with Gasteiger partial charge in [0.1, 0.15) is 0 Å². The van der Waals surface area contributed by atoms with Crippen LogP contribution in [0.15, 0.2) is 36.4 Å². The summed E-state index contributed by atoms with van der Waals surface area (Å²) in [5, 5.41) is 9.40. The van der Waals surface area contributed by atoms with E-state index in [1.165, 1.54) is 5.69 Å². The second-order valence-electron chi connectivity index (χ2n) is 3.97. The third-order valence-corrected chi connectivity index (χ3v) is 2.80. The van der Waals surface area contributed by atoms with E-state index in [0.29, 0.717) is 0 Å². The molecule has 2 heteroatoms. The molecule has 1 aromatic carbocycles. The van der Waals surface area contributed by atoms with Crippen LogP contribution in [0.5, 0.6) is 0 Å². The number of aliphatic hydroxyl groups excluding tert-OH is 1. The van der Waals surface area contributed by atoms with Crippen LogP contribution in [0.2, 0.25) is 0 Å². The first kappa shape index (κ1) is 10.2. The van der Waals surface area contributed by atoms with Crippen LogP contribution in [0.4, 0.5) is 5.69 Å².